The van der Waals surface area contributed by atoms with Crippen molar-refractivity contribution in [3.05, 3.63) is 17.5 Å². The minimum atomic E-state index is -3.36. The van der Waals surface area contributed by atoms with Gasteiger partial charge in [-0.15, -0.1) is 0 Å². The van der Waals surface area contributed by atoms with E-state index in [2.05, 4.69) is 9.82 Å². The standard InChI is InChI=1S/C17H25N5O4S/c1-4-26-17(23)22(10-9-18-27(3,24)25)16-15-13(11-21(2)20-15)12-7-5-6-8-14(12)19-16/h11,18H,4-10H2,1-3H3. The molecule has 0 fully saturated rings. The lowest BCUT2D eigenvalue weighted by Gasteiger charge is -2.24. The average Bonchev–Trinajstić information content (AvgIpc) is 2.99. The SMILES string of the molecule is CCOC(=O)N(CCNS(C)(=O)=O)c1nc2c(c3cn(C)nc13)CCCC2. The summed E-state index contributed by atoms with van der Waals surface area (Å²) in [6.07, 6.45) is 6.42. The second kappa shape index (κ2) is 7.81. The van der Waals surface area contributed by atoms with Crippen LogP contribution in [0, 0.1) is 0 Å². The molecule has 0 aromatic carbocycles. The molecule has 0 saturated heterocycles. The van der Waals surface area contributed by atoms with Gasteiger partial charge in [-0.1, -0.05) is 0 Å². The van der Waals surface area contributed by atoms with Crippen molar-refractivity contribution in [3.8, 4) is 0 Å². The lowest BCUT2D eigenvalue weighted by molar-refractivity contribution is 0.159. The number of hydrogen-bond donors (Lipinski definition) is 1. The Balaban J connectivity index is 2.04. The summed E-state index contributed by atoms with van der Waals surface area (Å²) >= 11 is 0. The Bertz CT molecular complexity index is 954. The first kappa shape index (κ1) is 19.6. The van der Waals surface area contributed by atoms with Gasteiger partial charge in [0.05, 0.1) is 12.9 Å². The molecule has 0 spiro atoms. The van der Waals surface area contributed by atoms with Crippen LogP contribution in [0.5, 0.6) is 0 Å². The number of fused-ring (bicyclic) bond motifs is 3. The van der Waals surface area contributed by atoms with Crippen LogP contribution in [0.15, 0.2) is 6.20 Å². The molecule has 0 aliphatic heterocycles. The molecule has 9 nitrogen and oxygen atoms in total. The van der Waals surface area contributed by atoms with Gasteiger partial charge in [-0.25, -0.2) is 22.9 Å². The highest BCUT2D eigenvalue weighted by atomic mass is 32.2. The number of ether oxygens (including phenoxy) is 1. The fourth-order valence-corrected chi connectivity index (χ4v) is 3.84. The summed E-state index contributed by atoms with van der Waals surface area (Å²) in [6, 6.07) is 0. The van der Waals surface area contributed by atoms with E-state index in [1.165, 1.54) is 10.5 Å². The molecular weight excluding hydrogens is 370 g/mol. The molecular formula is C17H25N5O4S. The van der Waals surface area contributed by atoms with E-state index in [1.54, 1.807) is 11.6 Å². The van der Waals surface area contributed by atoms with Crippen molar-refractivity contribution < 1.29 is 17.9 Å². The zero-order valence-electron chi connectivity index (χ0n) is 15.9. The number of rotatable bonds is 6. The van der Waals surface area contributed by atoms with E-state index in [-0.39, 0.29) is 19.7 Å². The maximum Gasteiger partial charge on any atom is 0.415 e. The van der Waals surface area contributed by atoms with E-state index in [0.717, 1.165) is 43.0 Å². The summed E-state index contributed by atoms with van der Waals surface area (Å²) in [4.78, 5) is 18.7. The topological polar surface area (TPSA) is 106 Å². The highest BCUT2D eigenvalue weighted by Crippen LogP contribution is 2.32. The highest BCUT2D eigenvalue weighted by molar-refractivity contribution is 7.88. The first-order chi connectivity index (χ1) is 12.8. The smallest absolute Gasteiger partial charge is 0.415 e. The van der Waals surface area contributed by atoms with Crippen LogP contribution in [-0.4, -0.2) is 55.2 Å². The summed E-state index contributed by atoms with van der Waals surface area (Å²) in [5, 5.41) is 5.50. The Labute approximate surface area is 158 Å². The Morgan fingerprint density at radius 1 is 1.37 bits per heavy atom. The Morgan fingerprint density at radius 3 is 2.81 bits per heavy atom. The lowest BCUT2D eigenvalue weighted by atomic mass is 9.93. The van der Waals surface area contributed by atoms with Gasteiger partial charge in [-0.3, -0.25) is 9.58 Å². The fourth-order valence-electron chi connectivity index (χ4n) is 3.37. The zero-order valence-corrected chi connectivity index (χ0v) is 16.7. The van der Waals surface area contributed by atoms with Crippen molar-refractivity contribution in [2.24, 2.45) is 7.05 Å². The number of hydrogen-bond acceptors (Lipinski definition) is 6. The number of nitrogens with zero attached hydrogens (tertiary/aromatic N) is 4. The first-order valence-electron chi connectivity index (χ1n) is 9.04. The Morgan fingerprint density at radius 2 is 2.11 bits per heavy atom. The molecule has 2 heterocycles. The molecule has 0 bridgehead atoms. The highest BCUT2D eigenvalue weighted by Gasteiger charge is 2.26. The van der Waals surface area contributed by atoms with Gasteiger partial charge in [0.1, 0.15) is 5.52 Å². The first-order valence-corrected chi connectivity index (χ1v) is 10.9. The van der Waals surface area contributed by atoms with Crippen LogP contribution < -0.4 is 9.62 Å². The van der Waals surface area contributed by atoms with Gasteiger partial charge in [0.15, 0.2) is 5.82 Å². The van der Waals surface area contributed by atoms with Crippen molar-refractivity contribution in [3.63, 3.8) is 0 Å². The molecule has 2 aromatic rings. The van der Waals surface area contributed by atoms with Crippen molar-refractivity contribution in [1.29, 1.82) is 0 Å². The quantitative estimate of drug-likeness (QED) is 0.791. The van der Waals surface area contributed by atoms with Gasteiger partial charge in [-0.05, 0) is 38.2 Å². The molecule has 1 aliphatic rings. The molecule has 2 aromatic heterocycles. The van der Waals surface area contributed by atoms with Gasteiger partial charge in [0.2, 0.25) is 10.0 Å². The largest absolute Gasteiger partial charge is 0.449 e. The van der Waals surface area contributed by atoms with Gasteiger partial charge in [0, 0.05) is 37.4 Å². The van der Waals surface area contributed by atoms with Crippen molar-refractivity contribution in [1.82, 2.24) is 19.5 Å². The van der Waals surface area contributed by atoms with E-state index in [0.29, 0.717) is 11.3 Å². The lowest BCUT2D eigenvalue weighted by Crippen LogP contribution is -2.39. The summed E-state index contributed by atoms with van der Waals surface area (Å²) < 4.78 is 32.0. The number of aromatic nitrogens is 3. The molecule has 1 aliphatic carbocycles. The molecule has 0 atom stereocenters. The molecule has 0 radical (unpaired) electrons. The monoisotopic (exact) mass is 395 g/mol. The second-order valence-electron chi connectivity index (χ2n) is 6.65. The Hall–Kier alpha value is -2.20. The number of nitrogens with one attached hydrogen (secondary N) is 1. The van der Waals surface area contributed by atoms with Crippen molar-refractivity contribution >= 4 is 32.8 Å². The number of sulfonamides is 1. The predicted octanol–water partition coefficient (Wildman–Crippen LogP) is 1.36. The number of anilines is 1. The van der Waals surface area contributed by atoms with E-state index in [4.69, 9.17) is 9.72 Å². The third-order valence-electron chi connectivity index (χ3n) is 4.49. The van der Waals surface area contributed by atoms with Crippen LogP contribution in [0.25, 0.3) is 10.9 Å². The number of carbonyl (C=O) groups is 1. The molecule has 1 N–H and O–H groups in total. The zero-order chi connectivity index (χ0) is 19.6. The predicted molar refractivity (Wildman–Crippen MR) is 102 cm³/mol. The second-order valence-corrected chi connectivity index (χ2v) is 8.48. The van der Waals surface area contributed by atoms with Gasteiger partial charge in [-0.2, -0.15) is 5.10 Å². The number of aryl methyl sites for hydroxylation is 3. The summed E-state index contributed by atoms with van der Waals surface area (Å²) in [7, 11) is -1.53. The van der Waals surface area contributed by atoms with E-state index in [1.807, 2.05) is 13.2 Å². The molecule has 148 valence electrons. The van der Waals surface area contributed by atoms with Crippen LogP contribution in [0.2, 0.25) is 0 Å². The van der Waals surface area contributed by atoms with E-state index < -0.39 is 16.1 Å². The molecule has 10 heteroatoms. The van der Waals surface area contributed by atoms with Gasteiger partial charge in [0.25, 0.3) is 0 Å². The van der Waals surface area contributed by atoms with Crippen LogP contribution in [0.3, 0.4) is 0 Å². The minimum absolute atomic E-state index is 0.0603. The van der Waals surface area contributed by atoms with Crippen LogP contribution in [0.1, 0.15) is 31.0 Å². The van der Waals surface area contributed by atoms with Crippen LogP contribution in [-0.2, 0) is 34.6 Å². The normalized spacial score (nSPS) is 14.2. The van der Waals surface area contributed by atoms with Crippen LogP contribution in [0.4, 0.5) is 10.6 Å². The Kier molecular flexibility index (Phi) is 5.66. The number of pyridine rings is 1. The summed E-state index contributed by atoms with van der Waals surface area (Å²) in [5.74, 6) is 0.417. The maximum absolute atomic E-state index is 12.6. The molecule has 1 amide bonds. The third-order valence-corrected chi connectivity index (χ3v) is 5.22. The summed E-state index contributed by atoms with van der Waals surface area (Å²) in [5.41, 5.74) is 2.79. The van der Waals surface area contributed by atoms with Crippen LogP contribution >= 0.6 is 0 Å². The van der Waals surface area contributed by atoms with Crippen molar-refractivity contribution in [2.75, 3.05) is 30.9 Å². The minimum Gasteiger partial charge on any atom is -0.449 e. The molecule has 0 unspecified atom stereocenters. The third kappa shape index (κ3) is 4.38. The average molecular weight is 395 g/mol. The van der Waals surface area contributed by atoms with Gasteiger partial charge < -0.3 is 4.74 Å². The number of carbonyl (C=O) groups excluding carboxylic acids is 1. The van der Waals surface area contributed by atoms with Gasteiger partial charge >= 0.3 is 6.09 Å². The number of amides is 1. The van der Waals surface area contributed by atoms with E-state index in [9.17, 15) is 13.2 Å². The van der Waals surface area contributed by atoms with E-state index >= 15 is 0 Å². The van der Waals surface area contributed by atoms with Crippen molar-refractivity contribution in [2.45, 2.75) is 32.6 Å². The maximum atomic E-state index is 12.6. The molecule has 3 rings (SSSR count). The fraction of sp³-hybridized carbons (Fsp3) is 0.588. The molecule has 0 saturated carbocycles. The molecule has 27 heavy (non-hydrogen) atoms. The summed E-state index contributed by atoms with van der Waals surface area (Å²) in [6.45, 7) is 2.10.